The van der Waals surface area contributed by atoms with Crippen LogP contribution in [0.2, 0.25) is 0 Å². The predicted molar refractivity (Wildman–Crippen MR) is 115 cm³/mol. The smallest absolute Gasteiger partial charge is 0.0619 e. The summed E-state index contributed by atoms with van der Waals surface area (Å²) in [4.78, 5) is 0. The molecule has 0 amide bonds. The lowest BCUT2D eigenvalue weighted by molar-refractivity contribution is 0.765. The third-order valence-electron chi connectivity index (χ3n) is 5.10. The quantitative estimate of drug-likeness (QED) is 0.341. The van der Waals surface area contributed by atoms with Gasteiger partial charge in [0.1, 0.15) is 0 Å². The lowest BCUT2D eigenvalue weighted by Gasteiger charge is -2.19. The lowest BCUT2D eigenvalue weighted by Crippen LogP contribution is -2.14. The van der Waals surface area contributed by atoms with Crippen LogP contribution in [-0.2, 0) is 0 Å². The monoisotopic (exact) mass is 348 g/mol. The second-order valence-electron chi connectivity index (χ2n) is 6.86. The van der Waals surface area contributed by atoms with Crippen molar-refractivity contribution in [1.29, 1.82) is 0 Å². The Balaban J connectivity index is 1.90. The van der Waals surface area contributed by atoms with Gasteiger partial charge in [0.25, 0.3) is 0 Å². The van der Waals surface area contributed by atoms with Crippen molar-refractivity contribution >= 4 is 33.5 Å². The Hall–Kier alpha value is -2.88. The number of rotatable bonds is 6. The van der Waals surface area contributed by atoms with Crippen molar-refractivity contribution in [3.8, 4) is 0 Å². The molecule has 4 nitrogen and oxygen atoms in total. The molecule has 3 aromatic carbocycles. The van der Waals surface area contributed by atoms with Gasteiger partial charge < -0.3 is 21.9 Å². The molecule has 0 aromatic heterocycles. The molecule has 4 heteroatoms. The van der Waals surface area contributed by atoms with E-state index >= 15 is 0 Å². The zero-order valence-corrected chi connectivity index (χ0v) is 16.0. The summed E-state index contributed by atoms with van der Waals surface area (Å²) in [5, 5.41) is 5.99. The van der Waals surface area contributed by atoms with Gasteiger partial charge in [0, 0.05) is 28.2 Å². The molecule has 1 unspecified atom stereocenters. The molecule has 0 saturated carbocycles. The van der Waals surface area contributed by atoms with Gasteiger partial charge in [-0.1, -0.05) is 31.2 Å². The van der Waals surface area contributed by atoms with Crippen LogP contribution in [-0.4, -0.2) is 6.04 Å². The molecular formula is C22H28N4. The molecule has 0 heterocycles. The first kappa shape index (κ1) is 17.9. The maximum Gasteiger partial charge on any atom is 0.0619 e. The van der Waals surface area contributed by atoms with Gasteiger partial charge >= 0.3 is 0 Å². The summed E-state index contributed by atoms with van der Waals surface area (Å²) in [7, 11) is 0. The third-order valence-corrected chi connectivity index (χ3v) is 5.10. The lowest BCUT2D eigenvalue weighted by atomic mass is 10.1. The normalized spacial score (nSPS) is 12.0. The molecule has 3 aromatic rings. The minimum Gasteiger partial charge on any atom is -0.399 e. The van der Waals surface area contributed by atoms with Crippen LogP contribution in [0.25, 0.3) is 10.8 Å². The number of nitrogen functional groups attached to an aromatic ring is 1. The first-order valence-corrected chi connectivity index (χ1v) is 9.17. The fourth-order valence-electron chi connectivity index (χ4n) is 3.01. The molecule has 0 bridgehead atoms. The Bertz CT molecular complexity index is 917. The SMILES string of the molecule is CCC(C)Nc1ccc(NNc2ccc(N)c(C)c2C)c2ccccc12. The topological polar surface area (TPSA) is 62.1 Å². The summed E-state index contributed by atoms with van der Waals surface area (Å²) in [6, 6.07) is 17.1. The number of nitrogens with one attached hydrogen (secondary N) is 3. The largest absolute Gasteiger partial charge is 0.399 e. The van der Waals surface area contributed by atoms with Crippen LogP contribution in [0.3, 0.4) is 0 Å². The Labute approximate surface area is 155 Å². The molecule has 3 rings (SSSR count). The van der Waals surface area contributed by atoms with E-state index in [0.717, 1.165) is 34.6 Å². The van der Waals surface area contributed by atoms with Crippen molar-refractivity contribution in [1.82, 2.24) is 0 Å². The van der Waals surface area contributed by atoms with Crippen LogP contribution >= 0.6 is 0 Å². The Morgan fingerprint density at radius 1 is 0.808 bits per heavy atom. The van der Waals surface area contributed by atoms with E-state index in [-0.39, 0.29) is 0 Å². The highest BCUT2D eigenvalue weighted by molar-refractivity contribution is 6.02. The fraction of sp³-hybridized carbons (Fsp3) is 0.273. The molecule has 5 N–H and O–H groups in total. The number of anilines is 4. The number of nitrogens with two attached hydrogens (primary N) is 1. The van der Waals surface area contributed by atoms with E-state index in [1.54, 1.807) is 0 Å². The second-order valence-corrected chi connectivity index (χ2v) is 6.86. The average molecular weight is 348 g/mol. The van der Waals surface area contributed by atoms with Crippen LogP contribution in [0.5, 0.6) is 0 Å². The second kappa shape index (κ2) is 7.56. The number of hydrazine groups is 1. The molecular weight excluding hydrogens is 320 g/mol. The van der Waals surface area contributed by atoms with Crippen molar-refractivity contribution in [3.63, 3.8) is 0 Å². The van der Waals surface area contributed by atoms with Crippen LogP contribution < -0.4 is 21.9 Å². The van der Waals surface area contributed by atoms with E-state index in [0.29, 0.717) is 6.04 Å². The number of fused-ring (bicyclic) bond motifs is 1. The molecule has 0 saturated heterocycles. The van der Waals surface area contributed by atoms with E-state index in [1.807, 2.05) is 19.1 Å². The van der Waals surface area contributed by atoms with Crippen molar-refractivity contribution < 1.29 is 0 Å². The molecule has 0 radical (unpaired) electrons. The Kier molecular flexibility index (Phi) is 5.21. The summed E-state index contributed by atoms with van der Waals surface area (Å²) < 4.78 is 0. The molecule has 0 aliphatic heterocycles. The average Bonchev–Trinajstić information content (AvgIpc) is 2.66. The van der Waals surface area contributed by atoms with Crippen molar-refractivity contribution in [2.45, 2.75) is 40.2 Å². The van der Waals surface area contributed by atoms with Gasteiger partial charge in [0.15, 0.2) is 0 Å². The van der Waals surface area contributed by atoms with Gasteiger partial charge in [0.2, 0.25) is 0 Å². The van der Waals surface area contributed by atoms with Crippen molar-refractivity contribution in [2.24, 2.45) is 0 Å². The third kappa shape index (κ3) is 3.54. The maximum absolute atomic E-state index is 5.98. The van der Waals surface area contributed by atoms with Crippen LogP contribution in [0.4, 0.5) is 22.7 Å². The fourth-order valence-corrected chi connectivity index (χ4v) is 3.01. The van der Waals surface area contributed by atoms with E-state index < -0.39 is 0 Å². The molecule has 0 aliphatic rings. The van der Waals surface area contributed by atoms with E-state index in [9.17, 15) is 0 Å². The number of benzene rings is 3. The highest BCUT2D eigenvalue weighted by Crippen LogP contribution is 2.31. The first-order chi connectivity index (χ1) is 12.5. The summed E-state index contributed by atoms with van der Waals surface area (Å²) in [5.41, 5.74) is 19.0. The summed E-state index contributed by atoms with van der Waals surface area (Å²) in [6.45, 7) is 8.51. The maximum atomic E-state index is 5.98. The van der Waals surface area contributed by atoms with Gasteiger partial charge in [-0.2, -0.15) is 0 Å². The van der Waals surface area contributed by atoms with Crippen molar-refractivity contribution in [3.05, 3.63) is 59.7 Å². The zero-order valence-electron chi connectivity index (χ0n) is 16.0. The van der Waals surface area contributed by atoms with E-state index in [4.69, 9.17) is 5.73 Å². The van der Waals surface area contributed by atoms with Gasteiger partial charge in [0.05, 0.1) is 11.4 Å². The molecule has 0 spiro atoms. The highest BCUT2D eigenvalue weighted by atomic mass is 15.4. The van der Waals surface area contributed by atoms with Crippen LogP contribution in [0.15, 0.2) is 48.5 Å². The van der Waals surface area contributed by atoms with Gasteiger partial charge in [-0.25, -0.2) is 0 Å². The molecule has 26 heavy (non-hydrogen) atoms. The van der Waals surface area contributed by atoms with Gasteiger partial charge in [-0.05, 0) is 62.6 Å². The molecule has 0 aliphatic carbocycles. The predicted octanol–water partition coefficient (Wildman–Crippen LogP) is 5.69. The van der Waals surface area contributed by atoms with E-state index in [1.165, 1.54) is 16.5 Å². The standard InChI is InChI=1S/C22H28N4/c1-5-14(2)24-21-12-13-22(18-9-7-6-8-17(18)21)26-25-20-11-10-19(23)15(3)16(20)4/h6-14,24-26H,5,23H2,1-4H3. The van der Waals surface area contributed by atoms with Crippen LogP contribution in [0, 0.1) is 13.8 Å². The van der Waals surface area contributed by atoms with Gasteiger partial charge in [-0.3, -0.25) is 0 Å². The minimum absolute atomic E-state index is 0.441. The van der Waals surface area contributed by atoms with Crippen LogP contribution in [0.1, 0.15) is 31.4 Å². The minimum atomic E-state index is 0.441. The first-order valence-electron chi connectivity index (χ1n) is 9.17. The highest BCUT2D eigenvalue weighted by Gasteiger charge is 2.09. The van der Waals surface area contributed by atoms with E-state index in [2.05, 4.69) is 73.3 Å². The zero-order chi connectivity index (χ0) is 18.7. The Morgan fingerprint density at radius 3 is 2.08 bits per heavy atom. The number of hydrogen-bond donors (Lipinski definition) is 4. The Morgan fingerprint density at radius 2 is 1.38 bits per heavy atom. The molecule has 136 valence electrons. The molecule has 1 atom stereocenters. The van der Waals surface area contributed by atoms with Gasteiger partial charge in [-0.15, -0.1) is 0 Å². The molecule has 0 fully saturated rings. The summed E-state index contributed by atoms with van der Waals surface area (Å²) in [5.74, 6) is 0. The van der Waals surface area contributed by atoms with Crippen molar-refractivity contribution in [2.75, 3.05) is 21.9 Å². The summed E-state index contributed by atoms with van der Waals surface area (Å²) in [6.07, 6.45) is 1.09. The number of hydrogen-bond acceptors (Lipinski definition) is 4. The summed E-state index contributed by atoms with van der Waals surface area (Å²) >= 11 is 0.